The molecule has 18 heavy (non-hydrogen) atoms. The molecular weight excluding hydrogens is 280 g/mol. The van der Waals surface area contributed by atoms with Crippen LogP contribution in [0.2, 0.25) is 0 Å². The monoisotopic (exact) mass is 285 g/mol. The van der Waals surface area contributed by atoms with Crippen LogP contribution in [0.25, 0.3) is 11.3 Å². The van der Waals surface area contributed by atoms with Crippen LogP contribution < -0.4 is 51.4 Å². The fraction of sp³-hybridized carbons (Fsp3) is 0. The Morgan fingerprint density at radius 1 is 1.39 bits per heavy atom. The van der Waals surface area contributed by atoms with Gasteiger partial charge in [0.15, 0.2) is 10.7 Å². The molecule has 0 aliphatic rings. The van der Waals surface area contributed by atoms with Gasteiger partial charge in [-0.3, -0.25) is 0 Å². The van der Waals surface area contributed by atoms with Crippen LogP contribution in [0.15, 0.2) is 34.8 Å². The van der Waals surface area contributed by atoms with Crippen molar-refractivity contribution in [3.8, 4) is 17.3 Å². The number of hydrogen-bond donors (Lipinski definition) is 0. The summed E-state index contributed by atoms with van der Waals surface area (Å²) in [6.45, 7) is 0. The molecule has 0 amide bonds. The molecule has 1 aromatic carbocycles. The Kier molecular flexibility index (Phi) is 6.08. The molecule has 0 atom stereocenters. The summed E-state index contributed by atoms with van der Waals surface area (Å²) in [7, 11) is 0. The largest absolute Gasteiger partial charge is 1.00 e. The Labute approximate surface area is 149 Å². The Morgan fingerprint density at radius 2 is 2.06 bits per heavy atom. The molecule has 84 valence electrons. The second-order valence-corrected chi connectivity index (χ2v) is 3.95. The van der Waals surface area contributed by atoms with E-state index in [-0.39, 0.29) is 67.9 Å². The summed E-state index contributed by atoms with van der Waals surface area (Å²) in [5, 5.41) is 23.5. The van der Waals surface area contributed by atoms with Gasteiger partial charge in [-0.1, -0.05) is 0 Å². The Hall–Kier alpha value is -0.624. The third-order valence-electron chi connectivity index (χ3n) is 2.04. The van der Waals surface area contributed by atoms with E-state index in [1.165, 1.54) is 12.1 Å². The molecule has 2 aromatic rings. The molecule has 2 rings (SSSR count). The molecule has 0 saturated heterocycles. The number of nitriles is 1. The van der Waals surface area contributed by atoms with Crippen molar-refractivity contribution >= 4 is 17.0 Å². The molecule has 1 heterocycles. The van der Waals surface area contributed by atoms with Crippen molar-refractivity contribution in [2.75, 3.05) is 0 Å². The van der Waals surface area contributed by atoms with Gasteiger partial charge in [-0.25, -0.2) is 9.37 Å². The van der Waals surface area contributed by atoms with Crippen molar-refractivity contribution in [1.29, 1.82) is 5.26 Å². The summed E-state index contributed by atoms with van der Waals surface area (Å²) in [4.78, 5) is 4.09. The van der Waals surface area contributed by atoms with Gasteiger partial charge < -0.3 is 10.4 Å². The zero-order valence-electron chi connectivity index (χ0n) is 9.42. The maximum absolute atomic E-state index is 12.7. The Morgan fingerprint density at radius 3 is 2.61 bits per heavy atom. The van der Waals surface area contributed by atoms with Crippen molar-refractivity contribution in [2.45, 2.75) is 0 Å². The number of aromatic nitrogens is 1. The smallest absolute Gasteiger partial charge is 0.791 e. The molecule has 1 aromatic heterocycles. The van der Waals surface area contributed by atoms with Gasteiger partial charge in [-0.05, 0) is 24.3 Å². The molecule has 0 aliphatic carbocycles. The number of thiazole rings is 1. The fourth-order valence-corrected chi connectivity index (χ4v) is 2.00. The Balaban J connectivity index is 0.00000162. The first-order valence-corrected chi connectivity index (χ1v) is 5.45. The van der Waals surface area contributed by atoms with Crippen molar-refractivity contribution in [2.24, 2.45) is 5.16 Å². The van der Waals surface area contributed by atoms with Crippen LogP contribution in [0, 0.1) is 22.4 Å². The second kappa shape index (κ2) is 7.09. The van der Waals surface area contributed by atoms with Gasteiger partial charge in [-0.2, -0.15) is 5.26 Å². The first kappa shape index (κ1) is 15.4. The van der Waals surface area contributed by atoms with Gasteiger partial charge in [0.25, 0.3) is 0 Å². The molecule has 0 aliphatic heterocycles. The number of halogens is 1. The minimum atomic E-state index is -0.331. The predicted molar refractivity (Wildman–Crippen MR) is 63.0 cm³/mol. The zero-order chi connectivity index (χ0) is 12.3. The molecule has 0 radical (unpaired) electrons. The number of hydrogen-bond acceptors (Lipinski definition) is 5. The average Bonchev–Trinajstić information content (AvgIpc) is 2.81. The molecular formula is C11H5FKN3OS. The van der Waals surface area contributed by atoms with E-state index in [1.807, 2.05) is 0 Å². The van der Waals surface area contributed by atoms with E-state index in [0.29, 0.717) is 5.69 Å². The van der Waals surface area contributed by atoms with Gasteiger partial charge in [0.05, 0.1) is 5.69 Å². The van der Waals surface area contributed by atoms with Crippen LogP contribution in [-0.2, 0) is 0 Å². The predicted octanol–water partition coefficient (Wildman–Crippen LogP) is -0.236. The summed E-state index contributed by atoms with van der Waals surface area (Å²) < 4.78 is 12.7. The van der Waals surface area contributed by atoms with E-state index in [2.05, 4.69) is 10.1 Å². The third-order valence-corrected chi connectivity index (χ3v) is 2.89. The second-order valence-electron chi connectivity index (χ2n) is 3.10. The van der Waals surface area contributed by atoms with Gasteiger partial charge >= 0.3 is 51.4 Å². The quantitative estimate of drug-likeness (QED) is 0.434. The van der Waals surface area contributed by atoms with Crippen LogP contribution in [0.3, 0.4) is 0 Å². The molecule has 0 unspecified atom stereocenters. The molecule has 0 saturated carbocycles. The van der Waals surface area contributed by atoms with Crippen LogP contribution in [0.5, 0.6) is 0 Å². The van der Waals surface area contributed by atoms with Crippen molar-refractivity contribution in [1.82, 2.24) is 4.98 Å². The number of nitrogens with zero attached hydrogens (tertiary/aromatic N) is 3. The molecule has 0 fully saturated rings. The summed E-state index contributed by atoms with van der Waals surface area (Å²) in [6.07, 6.45) is 0. The van der Waals surface area contributed by atoms with Crippen LogP contribution in [0.4, 0.5) is 4.39 Å². The topological polar surface area (TPSA) is 72.1 Å². The number of benzene rings is 1. The van der Waals surface area contributed by atoms with Crippen LogP contribution >= 0.6 is 11.3 Å². The van der Waals surface area contributed by atoms with Gasteiger partial charge in [0, 0.05) is 10.9 Å². The Bertz CT molecular complexity index is 603. The maximum Gasteiger partial charge on any atom is 1.00 e. The van der Waals surface area contributed by atoms with Gasteiger partial charge in [0.1, 0.15) is 11.9 Å². The van der Waals surface area contributed by atoms with Crippen molar-refractivity contribution < 1.29 is 55.8 Å². The van der Waals surface area contributed by atoms with Crippen LogP contribution in [-0.4, -0.2) is 10.7 Å². The van der Waals surface area contributed by atoms with Gasteiger partial charge in [-0.15, -0.1) is 11.3 Å². The van der Waals surface area contributed by atoms with Crippen LogP contribution in [0.1, 0.15) is 5.01 Å². The normalized spacial score (nSPS) is 10.6. The minimum absolute atomic E-state index is 0. The van der Waals surface area contributed by atoms with Gasteiger partial charge in [0.2, 0.25) is 0 Å². The molecule has 0 bridgehead atoms. The summed E-state index contributed by atoms with van der Waals surface area (Å²) in [5.41, 5.74) is 1.06. The van der Waals surface area contributed by atoms with E-state index in [9.17, 15) is 9.60 Å². The average molecular weight is 285 g/mol. The van der Waals surface area contributed by atoms with E-state index in [0.717, 1.165) is 16.9 Å². The summed E-state index contributed by atoms with van der Waals surface area (Å²) >= 11 is 1.15. The minimum Gasteiger partial charge on any atom is -0.791 e. The van der Waals surface area contributed by atoms with Crippen molar-refractivity contribution in [3.63, 3.8) is 0 Å². The summed E-state index contributed by atoms with van der Waals surface area (Å²) in [6, 6.07) is 7.46. The first-order valence-electron chi connectivity index (χ1n) is 4.57. The zero-order valence-corrected chi connectivity index (χ0v) is 13.4. The molecule has 4 nitrogen and oxygen atoms in total. The summed E-state index contributed by atoms with van der Waals surface area (Å²) in [5.74, 6) is -0.331. The fourth-order valence-electron chi connectivity index (χ4n) is 1.24. The van der Waals surface area contributed by atoms with E-state index in [4.69, 9.17) is 5.26 Å². The standard InChI is InChI=1S/C11H6FN3OS.K/c12-8-3-1-7(2-4-8)10-6-17-11(14-10)9(5-13)15-16;/h1-4,6,16H;/q;+1/p-1/b15-9+;. The molecule has 0 spiro atoms. The first-order chi connectivity index (χ1) is 8.24. The van der Waals surface area contributed by atoms with E-state index < -0.39 is 0 Å². The molecule has 7 heteroatoms. The maximum atomic E-state index is 12.7. The number of rotatable bonds is 2. The van der Waals surface area contributed by atoms with Crippen molar-refractivity contribution in [3.05, 3.63) is 45.7 Å². The van der Waals surface area contributed by atoms with E-state index in [1.54, 1.807) is 23.6 Å². The van der Waals surface area contributed by atoms with E-state index >= 15 is 0 Å². The SMILES string of the molecule is N#C/C(=N\[O-])c1nc(-c2ccc(F)cc2)cs1.[K+]. The molecule has 0 N–H and O–H groups in total. The third kappa shape index (κ3) is 3.44.